The average Bonchev–Trinajstić information content (AvgIpc) is 1.70. The van der Waals surface area contributed by atoms with E-state index in [1.165, 1.54) is 67.1 Å². The molecule has 1 atom stereocenters. The number of H-pyrrole nitrogens is 2. The van der Waals surface area contributed by atoms with E-state index in [0.29, 0.717) is 58.6 Å². The lowest BCUT2D eigenvalue weighted by Gasteiger charge is -2.29. The zero-order valence-electron chi connectivity index (χ0n) is 51.2. The van der Waals surface area contributed by atoms with Crippen LogP contribution >= 0.6 is 0 Å². The fourth-order valence-electron chi connectivity index (χ4n) is 13.9. The summed E-state index contributed by atoms with van der Waals surface area (Å²) in [6.07, 6.45) is 11.5. The summed E-state index contributed by atoms with van der Waals surface area (Å²) in [6.45, 7) is 12.5. The van der Waals surface area contributed by atoms with E-state index in [4.69, 9.17) is 24.0 Å². The number of benzene rings is 6. The van der Waals surface area contributed by atoms with E-state index in [0.717, 1.165) is 91.3 Å². The second-order valence-corrected chi connectivity index (χ2v) is 26.1. The highest BCUT2D eigenvalue weighted by molar-refractivity contribution is 6.13. The van der Waals surface area contributed by atoms with Crippen LogP contribution in [0, 0.1) is 0 Å². The Hall–Kier alpha value is -9.03. The van der Waals surface area contributed by atoms with E-state index in [9.17, 15) is 24.0 Å². The van der Waals surface area contributed by atoms with Crippen molar-refractivity contribution in [2.24, 2.45) is 0 Å². The van der Waals surface area contributed by atoms with Crippen LogP contribution in [0.5, 0.6) is 0 Å². The Morgan fingerprint density at radius 1 is 0.461 bits per heavy atom. The molecular weight excluding hydrogens is 1120 g/mol. The van der Waals surface area contributed by atoms with Gasteiger partial charge in [-0.3, -0.25) is 28.9 Å². The number of aromatic amines is 2. The summed E-state index contributed by atoms with van der Waals surface area (Å²) >= 11 is 0. The van der Waals surface area contributed by atoms with Gasteiger partial charge < -0.3 is 24.3 Å². The highest BCUT2D eigenvalue weighted by Crippen LogP contribution is 2.43. The Labute approximate surface area is 516 Å². The van der Waals surface area contributed by atoms with Gasteiger partial charge in [-0.05, 0) is 162 Å². The first kappa shape index (κ1) is 59.0. The van der Waals surface area contributed by atoms with Crippen LogP contribution in [0.2, 0.25) is 0 Å². The fraction of sp³-hybridized carbons (Fsp3) is 0.347. The summed E-state index contributed by atoms with van der Waals surface area (Å²) in [6, 6.07) is 42.3. The van der Waals surface area contributed by atoms with Gasteiger partial charge in [0, 0.05) is 50.4 Å². The molecular formula is C72H75N7O10. The van der Waals surface area contributed by atoms with Gasteiger partial charge in [-0.25, -0.2) is 30.6 Å². The average molecular weight is 1200 g/mol. The number of hydrogen-bond donors (Lipinski definition) is 5. The summed E-state index contributed by atoms with van der Waals surface area (Å²) in [4.78, 5) is 88.5. The molecule has 3 fully saturated rings. The van der Waals surface area contributed by atoms with Crippen molar-refractivity contribution in [3.8, 4) is 33.8 Å². The van der Waals surface area contributed by atoms with Crippen LogP contribution in [0.1, 0.15) is 188 Å². The molecule has 17 heteroatoms. The van der Waals surface area contributed by atoms with Crippen LogP contribution in [-0.2, 0) is 43.8 Å². The zero-order chi connectivity index (χ0) is 61.7. The van der Waals surface area contributed by atoms with E-state index in [1.807, 2.05) is 102 Å². The minimum atomic E-state index is -0.717. The predicted octanol–water partition coefficient (Wildman–Crippen LogP) is 15.7. The lowest BCUT2D eigenvalue weighted by atomic mass is 9.95. The van der Waals surface area contributed by atoms with Crippen molar-refractivity contribution in [3.05, 3.63) is 177 Å². The molecule has 4 amide bonds. The first-order valence-corrected chi connectivity index (χ1v) is 31.2. The Bertz CT molecular complexity index is 4030. The van der Waals surface area contributed by atoms with Gasteiger partial charge in [-0.2, -0.15) is 0 Å². The molecule has 6 aromatic carbocycles. The SMILES string of the molecule is CC(C)(C)OC(=O)N1CCC[C@@H]1c1ccc(-c2c3c4c(cccc4n2C(=O)OC(C)(C)C)C(=O)NOC3)cc1.O=C1NOCc2c(-c3ccc(C4CCCC4)cc3)[nH]c3cccc1c23.O=C1NOCc2c(-c3ccc(C4CCCC4)cc3)[nH]c3cccc1c23. The molecule has 0 radical (unpaired) electrons. The third-order valence-corrected chi connectivity index (χ3v) is 17.9. The number of ether oxygens (including phenoxy) is 2. The molecule has 4 aliphatic heterocycles. The van der Waals surface area contributed by atoms with Gasteiger partial charge in [0.05, 0.1) is 45.3 Å². The number of carbonyl (C=O) groups is 5. The molecule has 0 unspecified atom stereocenters. The van der Waals surface area contributed by atoms with Crippen LogP contribution in [0.3, 0.4) is 0 Å². The van der Waals surface area contributed by atoms with Gasteiger partial charge in [0.1, 0.15) is 31.0 Å². The van der Waals surface area contributed by atoms with Crippen LogP contribution in [0.25, 0.3) is 66.5 Å². The predicted molar refractivity (Wildman–Crippen MR) is 341 cm³/mol. The lowest BCUT2D eigenvalue weighted by Crippen LogP contribution is -2.36. The minimum Gasteiger partial charge on any atom is -0.444 e. The van der Waals surface area contributed by atoms with E-state index in [-0.39, 0.29) is 36.5 Å². The number of rotatable bonds is 6. The molecule has 89 heavy (non-hydrogen) atoms. The highest BCUT2D eigenvalue weighted by Gasteiger charge is 2.35. The second kappa shape index (κ2) is 24.2. The second-order valence-electron chi connectivity index (χ2n) is 26.1. The number of hydroxylamine groups is 3. The van der Waals surface area contributed by atoms with Crippen molar-refractivity contribution in [1.29, 1.82) is 0 Å². The molecule has 7 heterocycles. The van der Waals surface area contributed by atoms with E-state index < -0.39 is 17.3 Å². The van der Waals surface area contributed by atoms with Gasteiger partial charge >= 0.3 is 12.2 Å². The third kappa shape index (κ3) is 11.8. The number of amides is 4. The number of nitrogens with one attached hydrogen (secondary N) is 5. The maximum absolute atomic E-state index is 13.5. The van der Waals surface area contributed by atoms with E-state index in [2.05, 4.69) is 74.9 Å². The number of carbonyl (C=O) groups excluding carboxylic acids is 5. The summed E-state index contributed by atoms with van der Waals surface area (Å²) < 4.78 is 12.9. The topological polar surface area (TPSA) is 207 Å². The molecule has 458 valence electrons. The van der Waals surface area contributed by atoms with Crippen molar-refractivity contribution in [3.63, 3.8) is 0 Å². The number of aromatic nitrogens is 3. The van der Waals surface area contributed by atoms with Crippen molar-refractivity contribution >= 4 is 62.6 Å². The summed E-state index contributed by atoms with van der Waals surface area (Å²) in [7, 11) is 0. The molecule has 0 bridgehead atoms. The molecule has 15 rings (SSSR count). The van der Waals surface area contributed by atoms with Gasteiger partial charge in [-0.1, -0.05) is 117 Å². The van der Waals surface area contributed by atoms with Crippen LogP contribution < -0.4 is 16.4 Å². The largest absolute Gasteiger partial charge is 0.444 e. The molecule has 2 aliphatic carbocycles. The summed E-state index contributed by atoms with van der Waals surface area (Å²) in [5.41, 5.74) is 22.9. The maximum atomic E-state index is 13.5. The van der Waals surface area contributed by atoms with Crippen LogP contribution in [0.15, 0.2) is 127 Å². The molecule has 2 saturated carbocycles. The molecule has 3 aromatic heterocycles. The summed E-state index contributed by atoms with van der Waals surface area (Å²) in [5, 5.41) is 2.59. The smallest absolute Gasteiger partial charge is 0.419 e. The van der Waals surface area contributed by atoms with Gasteiger partial charge in [-0.15, -0.1) is 0 Å². The number of hydrogen-bond acceptors (Lipinski definition) is 10. The van der Waals surface area contributed by atoms with E-state index in [1.54, 1.807) is 23.1 Å². The molecule has 5 N–H and O–H groups in total. The van der Waals surface area contributed by atoms with Crippen molar-refractivity contribution in [1.82, 2.24) is 35.9 Å². The highest BCUT2D eigenvalue weighted by atomic mass is 16.7. The Morgan fingerprint density at radius 2 is 0.876 bits per heavy atom. The van der Waals surface area contributed by atoms with Crippen LogP contribution in [0.4, 0.5) is 9.59 Å². The normalized spacial score (nSPS) is 17.7. The first-order valence-electron chi connectivity index (χ1n) is 31.2. The Morgan fingerprint density at radius 3 is 1.35 bits per heavy atom. The molecule has 17 nitrogen and oxygen atoms in total. The van der Waals surface area contributed by atoms with Gasteiger partial charge in [0.25, 0.3) is 17.7 Å². The zero-order valence-corrected chi connectivity index (χ0v) is 51.2. The van der Waals surface area contributed by atoms with E-state index >= 15 is 0 Å². The molecule has 1 saturated heterocycles. The number of nitrogens with zero attached hydrogens (tertiary/aromatic N) is 2. The van der Waals surface area contributed by atoms with Crippen LogP contribution in [-0.4, -0.2) is 67.1 Å². The Balaban J connectivity index is 0.000000127. The van der Waals surface area contributed by atoms with Gasteiger partial charge in [0.2, 0.25) is 0 Å². The van der Waals surface area contributed by atoms with Crippen molar-refractivity contribution < 1.29 is 48.0 Å². The first-order chi connectivity index (χ1) is 43.0. The molecule has 6 aliphatic rings. The quantitative estimate of drug-likeness (QED) is 0.106. The molecule has 9 aromatic rings. The van der Waals surface area contributed by atoms with Crippen molar-refractivity contribution in [2.45, 2.75) is 155 Å². The van der Waals surface area contributed by atoms with Crippen molar-refractivity contribution in [2.75, 3.05) is 6.54 Å². The Kier molecular flexibility index (Phi) is 16.0. The standard InChI is InChI=1S/C30H35N3O6.2C21H20N2O2/c1-29(2,3)38-27(35)32-16-8-11-22(32)18-12-14-19(15-13-18)25-21-17-37-31-26(34)20-9-7-10-23(24(20)21)33(25)28(36)39-30(4,5)6;2*24-21-16-6-3-7-18-19(16)17(12-25-23-21)20(22-18)15-10-8-14(9-11-15)13-4-1-2-5-13/h7,9-10,12-15,22H,8,11,16-17H2,1-6H3,(H,31,34);2*3,6-11,13,22H,1-2,4-5,12H2,(H,23,24)/t22-;;/m1../s1. The van der Waals surface area contributed by atoms with Gasteiger partial charge in [0.15, 0.2) is 0 Å². The fourth-order valence-corrected chi connectivity index (χ4v) is 13.9. The summed E-state index contributed by atoms with van der Waals surface area (Å²) in [5.74, 6) is 0.689. The minimum absolute atomic E-state index is 0.0845. The monoisotopic (exact) mass is 1200 g/mol. The molecule has 0 spiro atoms. The lowest BCUT2D eigenvalue weighted by molar-refractivity contribution is 0.0222. The third-order valence-electron chi connectivity index (χ3n) is 17.9. The number of likely N-dealkylation sites (tertiary alicyclic amines) is 1. The maximum Gasteiger partial charge on any atom is 0.419 e.